The summed E-state index contributed by atoms with van der Waals surface area (Å²) in [7, 11) is 0. The Morgan fingerprint density at radius 3 is 2.23 bits per heavy atom. The Morgan fingerprint density at radius 2 is 1.65 bits per heavy atom. The van der Waals surface area contributed by atoms with Gasteiger partial charge >= 0.3 is 12.3 Å². The average molecular weight is 363 g/mol. The molecular formula is C19H16F3NO3. The van der Waals surface area contributed by atoms with Crippen LogP contribution >= 0.6 is 0 Å². The smallest absolute Gasteiger partial charge is 0.417 e. The number of hydrogen-bond donors (Lipinski definition) is 0. The maximum Gasteiger partial charge on any atom is 0.417 e. The number of carbonyl (C=O) groups is 2. The predicted molar refractivity (Wildman–Crippen MR) is 87.2 cm³/mol. The molecule has 1 unspecified atom stereocenters. The Morgan fingerprint density at radius 1 is 1.08 bits per heavy atom. The van der Waals surface area contributed by atoms with E-state index in [1.165, 1.54) is 24.3 Å². The Balaban J connectivity index is 1.85. The lowest BCUT2D eigenvalue weighted by molar-refractivity contribution is -0.160. The van der Waals surface area contributed by atoms with Gasteiger partial charge in [0.1, 0.15) is 12.6 Å². The van der Waals surface area contributed by atoms with E-state index in [1.54, 1.807) is 36.4 Å². The molecule has 2 amide bonds. The van der Waals surface area contributed by atoms with Crippen molar-refractivity contribution in [1.29, 1.82) is 0 Å². The maximum atomic E-state index is 13.5. The molecule has 2 aromatic carbocycles. The Kier molecular flexibility index (Phi) is 4.97. The highest BCUT2D eigenvalue weighted by molar-refractivity contribution is 5.94. The zero-order valence-corrected chi connectivity index (χ0v) is 13.6. The standard InChI is InChI=1S/C19H16F3NO3/c20-19(21,22)15(13-7-3-1-4-8-13)11-17(24)23-16(12-26-18(23)25)14-9-5-2-6-10-14/h1-10,15-16H,11-12H2/t15?,16-/m1/s1. The summed E-state index contributed by atoms with van der Waals surface area (Å²) < 4.78 is 45.4. The molecule has 1 heterocycles. The number of amides is 2. The van der Waals surface area contributed by atoms with Crippen molar-refractivity contribution in [2.75, 3.05) is 6.61 Å². The number of carbonyl (C=O) groups excluding carboxylic acids is 2. The molecule has 136 valence electrons. The van der Waals surface area contributed by atoms with Crippen LogP contribution in [0.1, 0.15) is 29.5 Å². The fraction of sp³-hybridized carbons (Fsp3) is 0.263. The van der Waals surface area contributed by atoms with Crippen molar-refractivity contribution in [1.82, 2.24) is 4.90 Å². The molecule has 1 aliphatic rings. The summed E-state index contributed by atoms with van der Waals surface area (Å²) in [6, 6.07) is 15.1. The number of halogens is 3. The quantitative estimate of drug-likeness (QED) is 0.807. The van der Waals surface area contributed by atoms with Gasteiger partial charge in [0.2, 0.25) is 5.91 Å². The molecule has 3 rings (SSSR count). The van der Waals surface area contributed by atoms with E-state index in [9.17, 15) is 22.8 Å². The summed E-state index contributed by atoms with van der Waals surface area (Å²) in [5.74, 6) is -2.89. The molecule has 0 radical (unpaired) electrons. The van der Waals surface area contributed by atoms with Crippen molar-refractivity contribution >= 4 is 12.0 Å². The lowest BCUT2D eigenvalue weighted by atomic mass is 9.94. The van der Waals surface area contributed by atoms with E-state index in [1.807, 2.05) is 0 Å². The molecule has 2 aromatic rings. The van der Waals surface area contributed by atoms with Gasteiger partial charge in [-0.3, -0.25) is 4.79 Å². The van der Waals surface area contributed by atoms with E-state index in [0.717, 1.165) is 4.90 Å². The van der Waals surface area contributed by atoms with Crippen LogP contribution in [0.4, 0.5) is 18.0 Å². The summed E-state index contributed by atoms with van der Waals surface area (Å²) in [6.07, 6.45) is -6.38. The van der Waals surface area contributed by atoms with E-state index in [2.05, 4.69) is 0 Å². The summed E-state index contributed by atoms with van der Waals surface area (Å²) in [5.41, 5.74) is 0.618. The summed E-state index contributed by atoms with van der Waals surface area (Å²) >= 11 is 0. The Hall–Kier alpha value is -2.83. The van der Waals surface area contributed by atoms with Gasteiger partial charge in [0.25, 0.3) is 0 Å². The molecule has 26 heavy (non-hydrogen) atoms. The van der Waals surface area contributed by atoms with Crippen molar-refractivity contribution in [3.8, 4) is 0 Å². The van der Waals surface area contributed by atoms with Crippen LogP contribution in [0, 0.1) is 0 Å². The number of benzene rings is 2. The molecule has 0 bridgehead atoms. The van der Waals surface area contributed by atoms with Crippen LogP contribution < -0.4 is 0 Å². The van der Waals surface area contributed by atoms with Crippen molar-refractivity contribution in [2.24, 2.45) is 0 Å². The van der Waals surface area contributed by atoms with Gasteiger partial charge in [-0.15, -0.1) is 0 Å². The molecule has 1 fully saturated rings. The topological polar surface area (TPSA) is 46.6 Å². The van der Waals surface area contributed by atoms with Crippen LogP contribution in [-0.4, -0.2) is 29.7 Å². The van der Waals surface area contributed by atoms with Gasteiger partial charge in [0.05, 0.1) is 5.92 Å². The van der Waals surface area contributed by atoms with Crippen LogP contribution in [0.25, 0.3) is 0 Å². The van der Waals surface area contributed by atoms with Gasteiger partial charge in [0, 0.05) is 6.42 Å². The third-order valence-electron chi connectivity index (χ3n) is 4.30. The lowest BCUT2D eigenvalue weighted by Gasteiger charge is -2.24. The van der Waals surface area contributed by atoms with Crippen LogP contribution in [0.5, 0.6) is 0 Å². The van der Waals surface area contributed by atoms with E-state index in [4.69, 9.17) is 4.74 Å². The van der Waals surface area contributed by atoms with Crippen molar-refractivity contribution in [3.05, 3.63) is 71.8 Å². The first-order chi connectivity index (χ1) is 12.4. The van der Waals surface area contributed by atoms with E-state index in [-0.39, 0.29) is 12.2 Å². The second-order valence-corrected chi connectivity index (χ2v) is 5.98. The zero-order chi connectivity index (χ0) is 18.7. The monoisotopic (exact) mass is 363 g/mol. The molecule has 0 N–H and O–H groups in total. The molecule has 0 aromatic heterocycles. The van der Waals surface area contributed by atoms with Crippen molar-refractivity contribution in [3.63, 3.8) is 0 Å². The predicted octanol–water partition coefficient (Wildman–Crippen LogP) is 4.44. The minimum Gasteiger partial charge on any atom is -0.446 e. The minimum absolute atomic E-state index is 0.0165. The highest BCUT2D eigenvalue weighted by atomic mass is 19.4. The number of hydrogen-bond acceptors (Lipinski definition) is 3. The molecule has 1 saturated heterocycles. The largest absolute Gasteiger partial charge is 0.446 e. The first-order valence-electron chi connectivity index (χ1n) is 8.03. The summed E-state index contributed by atoms with van der Waals surface area (Å²) in [4.78, 5) is 25.4. The first kappa shape index (κ1) is 18.0. The molecule has 7 heteroatoms. The van der Waals surface area contributed by atoms with Crippen LogP contribution in [0.15, 0.2) is 60.7 Å². The zero-order valence-electron chi connectivity index (χ0n) is 13.6. The molecular weight excluding hydrogens is 347 g/mol. The summed E-state index contributed by atoms with van der Waals surface area (Å²) in [6.45, 7) is -0.0728. The highest BCUT2D eigenvalue weighted by Crippen LogP contribution is 2.39. The van der Waals surface area contributed by atoms with E-state index >= 15 is 0 Å². The van der Waals surface area contributed by atoms with Gasteiger partial charge in [-0.05, 0) is 11.1 Å². The second-order valence-electron chi connectivity index (χ2n) is 5.98. The Bertz CT molecular complexity index is 778. The molecule has 0 saturated carbocycles. The summed E-state index contributed by atoms with van der Waals surface area (Å²) in [5, 5.41) is 0. The molecule has 0 aliphatic carbocycles. The maximum absolute atomic E-state index is 13.5. The van der Waals surface area contributed by atoms with Gasteiger partial charge in [-0.25, -0.2) is 9.69 Å². The molecule has 1 aliphatic heterocycles. The fourth-order valence-electron chi connectivity index (χ4n) is 3.00. The number of alkyl halides is 3. The number of ether oxygens (including phenoxy) is 1. The number of imide groups is 1. The molecule has 2 atom stereocenters. The van der Waals surface area contributed by atoms with Crippen LogP contribution in [0.3, 0.4) is 0 Å². The van der Waals surface area contributed by atoms with E-state index < -0.39 is 36.6 Å². The average Bonchev–Trinajstić information content (AvgIpc) is 3.01. The number of nitrogens with zero attached hydrogens (tertiary/aromatic N) is 1. The number of rotatable bonds is 4. The minimum atomic E-state index is -4.61. The normalized spacial score (nSPS) is 18.5. The lowest BCUT2D eigenvalue weighted by Crippen LogP contribution is -2.37. The van der Waals surface area contributed by atoms with Crippen molar-refractivity contribution in [2.45, 2.75) is 24.6 Å². The molecule has 4 nitrogen and oxygen atoms in total. The van der Waals surface area contributed by atoms with Gasteiger partial charge in [-0.2, -0.15) is 13.2 Å². The second kappa shape index (κ2) is 7.19. The van der Waals surface area contributed by atoms with Gasteiger partial charge in [0.15, 0.2) is 0 Å². The third-order valence-corrected chi connectivity index (χ3v) is 4.30. The first-order valence-corrected chi connectivity index (χ1v) is 8.03. The van der Waals surface area contributed by atoms with Gasteiger partial charge < -0.3 is 4.74 Å². The molecule has 0 spiro atoms. The third kappa shape index (κ3) is 3.71. The van der Waals surface area contributed by atoms with E-state index in [0.29, 0.717) is 5.56 Å². The number of cyclic esters (lactones) is 1. The van der Waals surface area contributed by atoms with Crippen LogP contribution in [-0.2, 0) is 9.53 Å². The fourth-order valence-corrected chi connectivity index (χ4v) is 3.00. The van der Waals surface area contributed by atoms with Crippen LogP contribution in [0.2, 0.25) is 0 Å². The van der Waals surface area contributed by atoms with Gasteiger partial charge in [-0.1, -0.05) is 60.7 Å². The van der Waals surface area contributed by atoms with Crippen molar-refractivity contribution < 1.29 is 27.5 Å². The SMILES string of the molecule is O=C(CC(c1ccccc1)C(F)(F)F)N1C(=O)OC[C@@H]1c1ccccc1. The highest BCUT2D eigenvalue weighted by Gasteiger charge is 2.46. The Labute approximate surface area is 148 Å².